The molecule has 0 bridgehead atoms. The summed E-state index contributed by atoms with van der Waals surface area (Å²) in [5, 5.41) is 2.76. The Hall–Kier alpha value is -2.76. The van der Waals surface area contributed by atoms with Crippen molar-refractivity contribution in [1.29, 1.82) is 0 Å². The minimum absolute atomic E-state index is 0.303. The van der Waals surface area contributed by atoms with Crippen LogP contribution in [0.5, 0.6) is 0 Å². The fraction of sp³-hybridized carbons (Fsp3) is 0. The number of benzene rings is 1. The van der Waals surface area contributed by atoms with Crippen LogP contribution in [0.25, 0.3) is 11.2 Å². The molecular weight excluding hydrogens is 230 g/mol. The first kappa shape index (κ1) is 10.4. The van der Waals surface area contributed by atoms with E-state index in [9.17, 15) is 4.79 Å². The van der Waals surface area contributed by atoms with Gasteiger partial charge < -0.3 is 5.32 Å². The summed E-state index contributed by atoms with van der Waals surface area (Å²) >= 11 is 0. The maximum absolute atomic E-state index is 12.0. The molecule has 0 atom stereocenters. The standard InChI is InChI=1S/C12H9N5O/c18-12(16-9-4-2-1-3-5-9)17-8-15-10-6-13-7-14-11(10)17/h1-8H,(H,16,18). The third-order valence-corrected chi connectivity index (χ3v) is 2.46. The summed E-state index contributed by atoms with van der Waals surface area (Å²) in [7, 11) is 0. The SMILES string of the molecule is O=C(Nc1ccccc1)n1cnc2cncnc21. The number of nitrogens with zero attached hydrogens (tertiary/aromatic N) is 4. The Morgan fingerprint density at radius 2 is 2.00 bits per heavy atom. The van der Waals surface area contributed by atoms with Crippen LogP contribution in [0.4, 0.5) is 10.5 Å². The van der Waals surface area contributed by atoms with Gasteiger partial charge in [-0.3, -0.25) is 0 Å². The molecule has 0 saturated heterocycles. The number of carbonyl (C=O) groups excluding carboxylic acids is 1. The highest BCUT2D eigenvalue weighted by molar-refractivity contribution is 5.95. The molecule has 0 fully saturated rings. The Bertz CT molecular complexity index is 692. The van der Waals surface area contributed by atoms with E-state index in [-0.39, 0.29) is 6.03 Å². The van der Waals surface area contributed by atoms with E-state index in [0.29, 0.717) is 11.2 Å². The van der Waals surface area contributed by atoms with Crippen molar-refractivity contribution in [3.63, 3.8) is 0 Å². The Morgan fingerprint density at radius 1 is 1.17 bits per heavy atom. The topological polar surface area (TPSA) is 72.7 Å². The first-order chi connectivity index (χ1) is 8.84. The highest BCUT2D eigenvalue weighted by Crippen LogP contribution is 2.10. The van der Waals surface area contributed by atoms with Gasteiger partial charge in [0, 0.05) is 5.69 Å². The van der Waals surface area contributed by atoms with E-state index in [1.54, 1.807) is 6.20 Å². The van der Waals surface area contributed by atoms with Crippen LogP contribution in [-0.4, -0.2) is 25.6 Å². The lowest BCUT2D eigenvalue weighted by Crippen LogP contribution is -2.18. The second-order valence-corrected chi connectivity index (χ2v) is 3.64. The maximum Gasteiger partial charge on any atom is 0.332 e. The monoisotopic (exact) mass is 239 g/mol. The molecule has 1 aromatic carbocycles. The molecule has 0 spiro atoms. The first-order valence-corrected chi connectivity index (χ1v) is 5.34. The maximum atomic E-state index is 12.0. The third-order valence-electron chi connectivity index (χ3n) is 2.46. The minimum Gasteiger partial charge on any atom is -0.307 e. The average molecular weight is 239 g/mol. The number of aromatic nitrogens is 4. The van der Waals surface area contributed by atoms with Gasteiger partial charge in [-0.05, 0) is 12.1 Å². The van der Waals surface area contributed by atoms with Crippen molar-refractivity contribution in [2.24, 2.45) is 0 Å². The molecule has 0 unspecified atom stereocenters. The summed E-state index contributed by atoms with van der Waals surface area (Å²) in [6.45, 7) is 0. The number of fused-ring (bicyclic) bond motifs is 1. The van der Waals surface area contributed by atoms with E-state index in [1.165, 1.54) is 17.2 Å². The molecule has 3 aromatic rings. The summed E-state index contributed by atoms with van der Waals surface area (Å²) < 4.78 is 1.35. The van der Waals surface area contributed by atoms with Gasteiger partial charge in [0.05, 0.1) is 6.20 Å². The number of hydrogen-bond acceptors (Lipinski definition) is 4. The van der Waals surface area contributed by atoms with Gasteiger partial charge >= 0.3 is 6.03 Å². The molecule has 88 valence electrons. The van der Waals surface area contributed by atoms with E-state index < -0.39 is 0 Å². The van der Waals surface area contributed by atoms with Gasteiger partial charge in [0.15, 0.2) is 5.65 Å². The number of imidazole rings is 1. The van der Waals surface area contributed by atoms with Crippen LogP contribution < -0.4 is 5.32 Å². The molecule has 2 heterocycles. The van der Waals surface area contributed by atoms with Crippen LogP contribution in [0, 0.1) is 0 Å². The third kappa shape index (κ3) is 1.80. The van der Waals surface area contributed by atoms with Crippen molar-refractivity contribution in [2.45, 2.75) is 0 Å². The van der Waals surface area contributed by atoms with Gasteiger partial charge in [0.2, 0.25) is 0 Å². The predicted octanol–water partition coefficient (Wildman–Crippen LogP) is 1.91. The predicted molar refractivity (Wildman–Crippen MR) is 66.2 cm³/mol. The molecule has 0 radical (unpaired) electrons. The molecule has 6 heteroatoms. The van der Waals surface area contributed by atoms with Gasteiger partial charge in [-0.25, -0.2) is 24.3 Å². The summed E-state index contributed by atoms with van der Waals surface area (Å²) in [6.07, 6.45) is 4.38. The molecule has 0 aliphatic carbocycles. The molecule has 1 N–H and O–H groups in total. The summed E-state index contributed by atoms with van der Waals surface area (Å²) in [6, 6.07) is 8.91. The number of hydrogen-bond donors (Lipinski definition) is 1. The fourth-order valence-corrected chi connectivity index (χ4v) is 1.62. The van der Waals surface area contributed by atoms with Crippen LogP contribution in [0.1, 0.15) is 0 Å². The molecule has 18 heavy (non-hydrogen) atoms. The summed E-state index contributed by atoms with van der Waals surface area (Å²) in [4.78, 5) is 24.0. The van der Waals surface area contributed by atoms with Crippen LogP contribution in [0.15, 0.2) is 49.2 Å². The van der Waals surface area contributed by atoms with Gasteiger partial charge in [-0.1, -0.05) is 18.2 Å². The van der Waals surface area contributed by atoms with E-state index in [2.05, 4.69) is 20.3 Å². The van der Waals surface area contributed by atoms with E-state index in [1.807, 2.05) is 30.3 Å². The van der Waals surface area contributed by atoms with Crippen LogP contribution >= 0.6 is 0 Å². The lowest BCUT2D eigenvalue weighted by atomic mass is 10.3. The van der Waals surface area contributed by atoms with Gasteiger partial charge in [0.25, 0.3) is 0 Å². The summed E-state index contributed by atoms with van der Waals surface area (Å²) in [5.74, 6) is 0. The first-order valence-electron chi connectivity index (χ1n) is 5.34. The number of carbonyl (C=O) groups is 1. The van der Waals surface area contributed by atoms with Crippen LogP contribution in [0.2, 0.25) is 0 Å². The van der Waals surface area contributed by atoms with Crippen molar-refractivity contribution in [1.82, 2.24) is 19.5 Å². The highest BCUT2D eigenvalue weighted by atomic mass is 16.2. The highest BCUT2D eigenvalue weighted by Gasteiger charge is 2.10. The van der Waals surface area contributed by atoms with Gasteiger partial charge in [-0.15, -0.1) is 0 Å². The smallest absolute Gasteiger partial charge is 0.307 e. The number of rotatable bonds is 1. The van der Waals surface area contributed by atoms with Crippen molar-refractivity contribution >= 4 is 22.9 Å². The molecule has 0 aliphatic heterocycles. The Morgan fingerprint density at radius 3 is 2.83 bits per heavy atom. The molecule has 1 amide bonds. The van der Waals surface area contributed by atoms with Gasteiger partial charge in [-0.2, -0.15) is 0 Å². The van der Waals surface area contributed by atoms with E-state index in [4.69, 9.17) is 0 Å². The van der Waals surface area contributed by atoms with Crippen molar-refractivity contribution in [2.75, 3.05) is 5.32 Å². The number of amides is 1. The van der Waals surface area contributed by atoms with E-state index in [0.717, 1.165) is 5.69 Å². The normalized spacial score (nSPS) is 10.4. The zero-order valence-corrected chi connectivity index (χ0v) is 9.32. The molecule has 2 aromatic heterocycles. The number of nitrogens with one attached hydrogen (secondary N) is 1. The Kier molecular flexibility index (Phi) is 2.45. The lowest BCUT2D eigenvalue weighted by Gasteiger charge is -2.05. The molecule has 0 aliphatic rings. The minimum atomic E-state index is -0.303. The zero-order valence-electron chi connectivity index (χ0n) is 9.32. The van der Waals surface area contributed by atoms with Gasteiger partial charge in [0.1, 0.15) is 18.2 Å². The van der Waals surface area contributed by atoms with Crippen molar-refractivity contribution in [3.05, 3.63) is 49.2 Å². The van der Waals surface area contributed by atoms with Crippen molar-refractivity contribution in [3.8, 4) is 0 Å². The zero-order chi connectivity index (χ0) is 12.4. The number of para-hydroxylation sites is 1. The quantitative estimate of drug-likeness (QED) is 0.704. The lowest BCUT2D eigenvalue weighted by molar-refractivity contribution is 0.254. The van der Waals surface area contributed by atoms with Crippen LogP contribution in [0.3, 0.4) is 0 Å². The van der Waals surface area contributed by atoms with Crippen LogP contribution in [-0.2, 0) is 0 Å². The Labute approximate surface area is 102 Å². The average Bonchev–Trinajstić information content (AvgIpc) is 2.84. The molecular formula is C12H9N5O. The Balaban J connectivity index is 1.93. The summed E-state index contributed by atoms with van der Waals surface area (Å²) in [5.41, 5.74) is 1.79. The molecule has 0 saturated carbocycles. The molecule has 6 nitrogen and oxygen atoms in total. The second-order valence-electron chi connectivity index (χ2n) is 3.64. The second kappa shape index (κ2) is 4.25. The van der Waals surface area contributed by atoms with E-state index >= 15 is 0 Å². The fourth-order valence-electron chi connectivity index (χ4n) is 1.62. The van der Waals surface area contributed by atoms with Crippen molar-refractivity contribution < 1.29 is 4.79 Å². The molecule has 3 rings (SSSR count). The largest absolute Gasteiger partial charge is 0.332 e. The number of anilines is 1.